The molecule has 2 aromatic carbocycles. The van der Waals surface area contributed by atoms with Crippen molar-refractivity contribution in [3.05, 3.63) is 72.3 Å². The van der Waals surface area contributed by atoms with Crippen molar-refractivity contribution in [1.29, 1.82) is 0 Å². The van der Waals surface area contributed by atoms with Gasteiger partial charge < -0.3 is 29.9 Å². The van der Waals surface area contributed by atoms with Crippen LogP contribution in [0.5, 0.6) is 5.75 Å². The third-order valence-electron chi connectivity index (χ3n) is 11.2. The van der Waals surface area contributed by atoms with E-state index in [2.05, 4.69) is 45.9 Å². The molecule has 1 aliphatic carbocycles. The van der Waals surface area contributed by atoms with Crippen LogP contribution in [0, 0.1) is 17.8 Å². The van der Waals surface area contributed by atoms with Crippen LogP contribution in [0.15, 0.2) is 66.7 Å². The second kappa shape index (κ2) is 13.8. The van der Waals surface area contributed by atoms with Gasteiger partial charge in [0.15, 0.2) is 0 Å². The lowest BCUT2D eigenvalue weighted by Gasteiger charge is -2.35. The van der Waals surface area contributed by atoms with Crippen LogP contribution in [-0.4, -0.2) is 84.6 Å². The fraction of sp³-hybridized carbons (Fsp3) is 0.553. The third kappa shape index (κ3) is 6.44. The quantitative estimate of drug-likeness (QED) is 0.349. The summed E-state index contributed by atoms with van der Waals surface area (Å²) in [7, 11) is 1.60. The molecule has 4 aliphatic heterocycles. The molecule has 0 aromatic heterocycles. The number of carbonyl (C=O) groups excluding carboxylic acids is 3. The minimum Gasteiger partial charge on any atom is -0.497 e. The summed E-state index contributed by atoms with van der Waals surface area (Å²) in [6, 6.07) is 17.2. The van der Waals surface area contributed by atoms with E-state index >= 15 is 0 Å². The Bertz CT molecular complexity index is 1450. The summed E-state index contributed by atoms with van der Waals surface area (Å²) in [4.78, 5) is 46.5. The summed E-state index contributed by atoms with van der Waals surface area (Å²) < 4.78 is 11.8. The van der Waals surface area contributed by atoms with Gasteiger partial charge in [-0.25, -0.2) is 0 Å². The Balaban J connectivity index is 1.03. The van der Waals surface area contributed by atoms with Crippen molar-refractivity contribution in [2.45, 2.75) is 81.6 Å². The number of nitrogens with one attached hydrogen (secondary N) is 2. The molecule has 5 aliphatic rings. The highest BCUT2D eigenvalue weighted by atomic mass is 16.5. The molecule has 5 atom stereocenters. The molecule has 3 amide bonds. The summed E-state index contributed by atoms with van der Waals surface area (Å²) in [6.45, 7) is 3.42. The van der Waals surface area contributed by atoms with Crippen molar-refractivity contribution >= 4 is 23.4 Å². The Kier molecular flexibility index (Phi) is 9.37. The first-order valence-electron chi connectivity index (χ1n) is 17.6. The van der Waals surface area contributed by atoms with E-state index in [0.29, 0.717) is 23.9 Å². The number of piperidine rings is 1. The maximum atomic E-state index is 14.4. The normalized spacial score (nSPS) is 29.2. The number of ether oxygens (including phenoxy) is 2. The Morgan fingerprint density at radius 1 is 0.936 bits per heavy atom. The molecule has 250 valence electrons. The zero-order valence-electron chi connectivity index (χ0n) is 27.4. The van der Waals surface area contributed by atoms with E-state index in [9.17, 15) is 14.4 Å². The molecule has 3 saturated heterocycles. The van der Waals surface area contributed by atoms with Crippen LogP contribution in [0.4, 0.5) is 5.69 Å². The van der Waals surface area contributed by atoms with Gasteiger partial charge in [-0.15, -0.1) is 0 Å². The van der Waals surface area contributed by atoms with Crippen molar-refractivity contribution in [1.82, 2.24) is 15.1 Å². The van der Waals surface area contributed by atoms with Crippen LogP contribution < -0.4 is 15.4 Å². The number of rotatable bonds is 11. The Labute approximate surface area is 278 Å². The molecular weight excluding hydrogens is 592 g/mol. The molecule has 0 unspecified atom stereocenters. The number of likely N-dealkylation sites (tertiary alicyclic amines) is 2. The molecule has 4 heterocycles. The van der Waals surface area contributed by atoms with Gasteiger partial charge in [-0.2, -0.15) is 0 Å². The van der Waals surface area contributed by atoms with Gasteiger partial charge in [0.2, 0.25) is 17.7 Å². The molecule has 1 saturated carbocycles. The summed E-state index contributed by atoms with van der Waals surface area (Å²) in [5.74, 6) is -0.650. The van der Waals surface area contributed by atoms with E-state index in [1.807, 2.05) is 12.2 Å². The summed E-state index contributed by atoms with van der Waals surface area (Å²) in [5, 5.41) is 6.28. The fourth-order valence-electron chi connectivity index (χ4n) is 8.76. The van der Waals surface area contributed by atoms with Crippen molar-refractivity contribution in [2.24, 2.45) is 17.8 Å². The van der Waals surface area contributed by atoms with Crippen LogP contribution in [-0.2, 0) is 25.5 Å². The topological polar surface area (TPSA) is 100 Å². The molecule has 9 heteroatoms. The number of benzene rings is 2. The molecule has 9 nitrogen and oxygen atoms in total. The molecule has 2 bridgehead atoms. The zero-order chi connectivity index (χ0) is 32.4. The standard InChI is InChI=1S/C38H48N4O5/c1-46-30-15-13-29(14-16-30)39-35(43)32-31-17-20-38(47-31)33(32)37(45)42(34(38)36(44)40-28-11-6-3-7-12-28)22-8-21-41-23-18-27(19-24-41)25-26-9-4-2-5-10-26/h2,4-5,9-10,13-17,20,27-28,31-34H,3,6-8,11-12,18-19,21-25H2,1H3,(H,39,43)(H,40,44)/t31-,32-,33-,34-,38-/m1/s1. The average molecular weight is 641 g/mol. The Morgan fingerprint density at radius 2 is 1.68 bits per heavy atom. The molecule has 4 fully saturated rings. The smallest absolute Gasteiger partial charge is 0.246 e. The lowest BCUT2D eigenvalue weighted by molar-refractivity contribution is -0.141. The van der Waals surface area contributed by atoms with E-state index in [-0.39, 0.29) is 23.8 Å². The van der Waals surface area contributed by atoms with Gasteiger partial charge in [0, 0.05) is 18.3 Å². The average Bonchev–Trinajstić information content (AvgIpc) is 3.74. The van der Waals surface area contributed by atoms with Crippen LogP contribution >= 0.6 is 0 Å². The van der Waals surface area contributed by atoms with Gasteiger partial charge in [0.05, 0.1) is 25.0 Å². The van der Waals surface area contributed by atoms with Gasteiger partial charge in [-0.1, -0.05) is 61.7 Å². The number of carbonyl (C=O) groups is 3. The molecule has 2 aromatic rings. The number of amides is 3. The molecule has 0 radical (unpaired) electrons. The van der Waals surface area contributed by atoms with E-state index in [0.717, 1.165) is 58.2 Å². The highest BCUT2D eigenvalue weighted by molar-refractivity contribution is 6.02. The van der Waals surface area contributed by atoms with Crippen LogP contribution in [0.1, 0.15) is 56.9 Å². The summed E-state index contributed by atoms with van der Waals surface area (Å²) >= 11 is 0. The maximum Gasteiger partial charge on any atom is 0.246 e. The first-order chi connectivity index (χ1) is 22.9. The van der Waals surface area contributed by atoms with Crippen LogP contribution in [0.2, 0.25) is 0 Å². The zero-order valence-corrected chi connectivity index (χ0v) is 27.4. The molecule has 47 heavy (non-hydrogen) atoms. The minimum absolute atomic E-state index is 0.109. The number of hydrogen-bond donors (Lipinski definition) is 2. The Morgan fingerprint density at radius 3 is 2.40 bits per heavy atom. The molecular formula is C38H48N4O5. The highest BCUT2D eigenvalue weighted by Gasteiger charge is 2.72. The van der Waals surface area contributed by atoms with Crippen LogP contribution in [0.3, 0.4) is 0 Å². The SMILES string of the molecule is COc1ccc(NC(=O)[C@@H]2[C@H]3C=C[C@@]4(O3)[C@H]2C(=O)N(CCCN2CCC(Cc3ccccc3)CC2)[C@@H]4C(=O)NC2CCCCC2)cc1. The van der Waals surface area contributed by atoms with E-state index < -0.39 is 29.6 Å². The number of hydrogen-bond acceptors (Lipinski definition) is 6. The number of nitrogens with zero attached hydrogens (tertiary/aromatic N) is 2. The Hall–Kier alpha value is -3.69. The van der Waals surface area contributed by atoms with Gasteiger partial charge in [-0.05, 0) is 93.9 Å². The maximum absolute atomic E-state index is 14.4. The van der Waals surface area contributed by atoms with Gasteiger partial charge in [0.25, 0.3) is 0 Å². The van der Waals surface area contributed by atoms with Gasteiger partial charge in [0.1, 0.15) is 17.4 Å². The summed E-state index contributed by atoms with van der Waals surface area (Å²) in [6.07, 6.45) is 12.7. The molecule has 1 spiro atoms. The largest absolute Gasteiger partial charge is 0.497 e. The van der Waals surface area contributed by atoms with E-state index in [1.165, 1.54) is 24.8 Å². The van der Waals surface area contributed by atoms with Gasteiger partial charge >= 0.3 is 0 Å². The lowest BCUT2D eigenvalue weighted by Crippen LogP contribution is -2.56. The predicted octanol–water partition coefficient (Wildman–Crippen LogP) is 4.58. The minimum atomic E-state index is -1.14. The van der Waals surface area contributed by atoms with Crippen molar-refractivity contribution in [2.75, 3.05) is 38.6 Å². The van der Waals surface area contributed by atoms with Crippen molar-refractivity contribution < 1.29 is 23.9 Å². The second-order valence-corrected chi connectivity index (χ2v) is 14.1. The highest BCUT2D eigenvalue weighted by Crippen LogP contribution is 2.55. The van der Waals surface area contributed by atoms with E-state index in [4.69, 9.17) is 9.47 Å². The van der Waals surface area contributed by atoms with Crippen molar-refractivity contribution in [3.8, 4) is 5.75 Å². The monoisotopic (exact) mass is 640 g/mol. The van der Waals surface area contributed by atoms with Gasteiger partial charge in [-0.3, -0.25) is 14.4 Å². The summed E-state index contributed by atoms with van der Waals surface area (Å²) in [5.41, 5.74) is 0.887. The first kappa shape index (κ1) is 31.9. The third-order valence-corrected chi connectivity index (χ3v) is 11.2. The predicted molar refractivity (Wildman–Crippen MR) is 180 cm³/mol. The fourth-order valence-corrected chi connectivity index (χ4v) is 8.76. The number of anilines is 1. The van der Waals surface area contributed by atoms with Crippen molar-refractivity contribution in [3.63, 3.8) is 0 Å². The lowest BCUT2D eigenvalue weighted by atomic mass is 9.74. The van der Waals surface area contributed by atoms with E-state index in [1.54, 1.807) is 36.3 Å². The number of methoxy groups -OCH3 is 1. The second-order valence-electron chi connectivity index (χ2n) is 14.1. The van der Waals surface area contributed by atoms with Crippen LogP contribution in [0.25, 0.3) is 0 Å². The molecule has 2 N–H and O–H groups in total. The first-order valence-corrected chi connectivity index (χ1v) is 17.6. The number of fused-ring (bicyclic) bond motifs is 1. The molecule has 7 rings (SSSR count).